The Balaban J connectivity index is 1.79. The predicted octanol–water partition coefficient (Wildman–Crippen LogP) is 1.90. The van der Waals surface area contributed by atoms with Gasteiger partial charge in [0.1, 0.15) is 18.5 Å². The van der Waals surface area contributed by atoms with E-state index in [0.717, 1.165) is 0 Å². The first-order chi connectivity index (χ1) is 11.9. The number of ether oxygens (including phenoxy) is 3. The molecule has 11 nitrogen and oxygen atoms in total. The molecule has 4 heterocycles. The lowest BCUT2D eigenvalue weighted by Gasteiger charge is -2.24. The van der Waals surface area contributed by atoms with Gasteiger partial charge in [0.15, 0.2) is 33.7 Å². The van der Waals surface area contributed by atoms with E-state index in [-0.39, 0.29) is 18.5 Å². The summed E-state index contributed by atoms with van der Waals surface area (Å²) in [5, 5.41) is 3.61. The Hall–Kier alpha value is -1.98. The van der Waals surface area contributed by atoms with Crippen LogP contribution in [0.1, 0.15) is 20.1 Å². The molecule has 0 bridgehead atoms. The van der Waals surface area contributed by atoms with Crippen LogP contribution in [0.3, 0.4) is 0 Å². The molecule has 0 aromatic carbocycles. The van der Waals surface area contributed by atoms with Gasteiger partial charge in [-0.3, -0.25) is 4.57 Å². The maximum atomic E-state index is 8.61. The van der Waals surface area contributed by atoms with Crippen molar-refractivity contribution in [1.29, 1.82) is 0 Å². The lowest BCUT2D eigenvalue weighted by molar-refractivity contribution is -0.195. The number of nitrogen functional groups attached to an aromatic ring is 1. The fourth-order valence-corrected chi connectivity index (χ4v) is 3.80. The number of halogens is 1. The van der Waals surface area contributed by atoms with Crippen LogP contribution in [-0.2, 0) is 14.2 Å². The molecule has 1 unspecified atom stereocenters. The summed E-state index contributed by atoms with van der Waals surface area (Å²) >= 11 is 3.42. The monoisotopic (exact) mass is 410 g/mol. The number of nitrogens with two attached hydrogens (primary N) is 1. The second-order valence-corrected chi connectivity index (χ2v) is 6.93. The van der Waals surface area contributed by atoms with Gasteiger partial charge in [-0.1, -0.05) is 5.11 Å². The van der Waals surface area contributed by atoms with Gasteiger partial charge in [-0.25, -0.2) is 15.0 Å². The molecule has 2 aromatic heterocycles. The molecule has 2 aliphatic heterocycles. The average molecular weight is 411 g/mol. The topological polar surface area (TPSA) is 146 Å². The summed E-state index contributed by atoms with van der Waals surface area (Å²) in [4.78, 5) is 15.4. The molecule has 12 heteroatoms. The highest BCUT2D eigenvalue weighted by atomic mass is 79.9. The minimum absolute atomic E-state index is 0.134. The summed E-state index contributed by atoms with van der Waals surface area (Å²) in [6.07, 6.45) is -0.453. The van der Waals surface area contributed by atoms with Crippen molar-refractivity contribution in [2.75, 3.05) is 12.3 Å². The van der Waals surface area contributed by atoms with Gasteiger partial charge >= 0.3 is 0 Å². The van der Waals surface area contributed by atoms with Gasteiger partial charge in [-0.05, 0) is 35.3 Å². The zero-order chi connectivity index (χ0) is 17.8. The average Bonchev–Trinajstić information content (AvgIpc) is 3.15. The number of fused-ring (bicyclic) bond motifs is 2. The summed E-state index contributed by atoms with van der Waals surface area (Å²) in [6, 6.07) is 0. The highest BCUT2D eigenvalue weighted by Gasteiger charge is 2.56. The van der Waals surface area contributed by atoms with Crippen LogP contribution in [-0.4, -0.2) is 50.2 Å². The fourth-order valence-electron chi connectivity index (χ4n) is 3.26. The summed E-state index contributed by atoms with van der Waals surface area (Å²) in [5.74, 6) is -0.503. The van der Waals surface area contributed by atoms with Crippen molar-refractivity contribution in [3.05, 3.63) is 21.5 Å². The Bertz CT molecular complexity index is 880. The molecule has 132 valence electrons. The van der Waals surface area contributed by atoms with E-state index in [9.17, 15) is 0 Å². The Labute approximate surface area is 150 Å². The molecule has 0 aliphatic carbocycles. The minimum Gasteiger partial charge on any atom is -0.382 e. The van der Waals surface area contributed by atoms with Crippen LogP contribution in [0.2, 0.25) is 0 Å². The summed E-state index contributed by atoms with van der Waals surface area (Å²) in [6.45, 7) is 3.79. The van der Waals surface area contributed by atoms with E-state index < -0.39 is 24.2 Å². The molecular weight excluding hydrogens is 396 g/mol. The number of rotatable bonds is 3. The highest BCUT2D eigenvalue weighted by molar-refractivity contribution is 9.10. The first-order valence-electron chi connectivity index (χ1n) is 7.57. The molecule has 0 saturated carbocycles. The van der Waals surface area contributed by atoms with Crippen molar-refractivity contribution >= 4 is 32.9 Å². The summed E-state index contributed by atoms with van der Waals surface area (Å²) in [7, 11) is 0. The molecule has 2 saturated heterocycles. The number of imidazole rings is 1. The van der Waals surface area contributed by atoms with Crippen LogP contribution in [0.4, 0.5) is 5.82 Å². The Morgan fingerprint density at radius 1 is 1.40 bits per heavy atom. The second-order valence-electron chi connectivity index (χ2n) is 6.23. The van der Waals surface area contributed by atoms with E-state index in [1.807, 2.05) is 13.8 Å². The minimum atomic E-state index is -0.775. The second kappa shape index (κ2) is 5.78. The quantitative estimate of drug-likeness (QED) is 0.351. The van der Waals surface area contributed by atoms with Crippen LogP contribution >= 0.6 is 15.9 Å². The molecule has 0 amide bonds. The van der Waals surface area contributed by atoms with Gasteiger partial charge in [-0.2, -0.15) is 0 Å². The van der Waals surface area contributed by atoms with Gasteiger partial charge in [0.25, 0.3) is 0 Å². The lowest BCUT2D eigenvalue weighted by Crippen LogP contribution is -2.31. The first-order valence-corrected chi connectivity index (χ1v) is 8.36. The number of anilines is 1. The van der Waals surface area contributed by atoms with E-state index in [2.05, 4.69) is 40.9 Å². The number of hydrogen-bond acceptors (Lipinski definition) is 8. The van der Waals surface area contributed by atoms with Gasteiger partial charge in [-0.15, -0.1) is 0 Å². The smallest absolute Gasteiger partial charge is 0.181 e. The van der Waals surface area contributed by atoms with Gasteiger partial charge in [0, 0.05) is 4.91 Å². The maximum absolute atomic E-state index is 8.61. The number of azide groups is 1. The van der Waals surface area contributed by atoms with E-state index in [1.165, 1.54) is 6.33 Å². The molecule has 2 aromatic rings. The van der Waals surface area contributed by atoms with Crippen molar-refractivity contribution in [3.63, 3.8) is 0 Å². The normalized spacial score (nSPS) is 30.4. The van der Waals surface area contributed by atoms with E-state index in [4.69, 9.17) is 25.5 Å². The van der Waals surface area contributed by atoms with Crippen LogP contribution < -0.4 is 5.73 Å². The molecule has 0 spiro atoms. The van der Waals surface area contributed by atoms with Crippen molar-refractivity contribution in [1.82, 2.24) is 19.5 Å². The fraction of sp³-hybridized carbons (Fsp3) is 0.615. The van der Waals surface area contributed by atoms with Crippen molar-refractivity contribution in [2.45, 2.75) is 44.2 Å². The molecule has 25 heavy (non-hydrogen) atoms. The van der Waals surface area contributed by atoms with Gasteiger partial charge in [0.2, 0.25) is 0 Å². The Morgan fingerprint density at radius 2 is 2.16 bits per heavy atom. The largest absolute Gasteiger partial charge is 0.382 e. The third kappa shape index (κ3) is 2.62. The third-order valence-electron chi connectivity index (χ3n) is 4.17. The van der Waals surface area contributed by atoms with Crippen LogP contribution in [0, 0.1) is 0 Å². The molecule has 4 atom stereocenters. The molecule has 0 radical (unpaired) electrons. The Morgan fingerprint density at radius 3 is 2.92 bits per heavy atom. The number of nitrogens with zero attached hydrogens (tertiary/aromatic N) is 7. The zero-order valence-corrected chi connectivity index (χ0v) is 15.0. The van der Waals surface area contributed by atoms with Gasteiger partial charge in [0.05, 0.1) is 12.6 Å². The Kier molecular flexibility index (Phi) is 3.81. The highest BCUT2D eigenvalue weighted by Crippen LogP contribution is 2.45. The molecule has 2 aliphatic rings. The van der Waals surface area contributed by atoms with Crippen molar-refractivity contribution < 1.29 is 14.2 Å². The van der Waals surface area contributed by atoms with E-state index in [0.29, 0.717) is 15.9 Å². The molecular formula is C13H15BrN8O3. The van der Waals surface area contributed by atoms with Crippen LogP contribution in [0.15, 0.2) is 16.2 Å². The molecule has 2 N–H and O–H groups in total. The lowest BCUT2D eigenvalue weighted by atomic mass is 10.1. The van der Waals surface area contributed by atoms with Crippen molar-refractivity contribution in [2.24, 2.45) is 5.11 Å². The predicted molar refractivity (Wildman–Crippen MR) is 89.2 cm³/mol. The van der Waals surface area contributed by atoms with E-state index in [1.54, 1.807) is 4.57 Å². The van der Waals surface area contributed by atoms with Crippen LogP contribution in [0.5, 0.6) is 0 Å². The first kappa shape index (κ1) is 16.5. The van der Waals surface area contributed by atoms with Crippen molar-refractivity contribution in [3.8, 4) is 0 Å². The number of hydrogen-bond donors (Lipinski definition) is 1. The van der Waals surface area contributed by atoms with Crippen LogP contribution in [0.25, 0.3) is 21.6 Å². The van der Waals surface area contributed by atoms with E-state index >= 15 is 0 Å². The third-order valence-corrected chi connectivity index (χ3v) is 4.73. The SMILES string of the molecule is CC1(C)OC2[C@@H](CN=[N+]=[N-])O[C@@H](n3c(Br)nc4c(N)ncnc43)[C@H]2O1. The summed E-state index contributed by atoms with van der Waals surface area (Å²) < 4.78 is 20.3. The standard InChI is InChI=1S/C13H15BrN8O3/c1-13(2)24-7-5(3-19-21-16)23-11(8(7)25-13)22-10-6(20-12(22)14)9(15)17-4-18-10/h4-5,7-8,11H,3H2,1-2H3,(H2,15,17,18)/t5-,7?,8+,11-/m1/s1. The zero-order valence-electron chi connectivity index (χ0n) is 13.4. The summed E-state index contributed by atoms with van der Waals surface area (Å²) in [5.41, 5.74) is 15.5. The molecule has 2 fully saturated rings. The maximum Gasteiger partial charge on any atom is 0.181 e. The van der Waals surface area contributed by atoms with Gasteiger partial charge < -0.3 is 19.9 Å². The number of aromatic nitrogens is 4. The molecule has 4 rings (SSSR count).